The Morgan fingerprint density at radius 2 is 2.14 bits per heavy atom. The Bertz CT molecular complexity index is 173. The first kappa shape index (κ1) is 11.5. The third kappa shape index (κ3) is 4.09. The van der Waals surface area contributed by atoms with E-state index >= 15 is 0 Å². The van der Waals surface area contributed by atoms with Gasteiger partial charge in [0.1, 0.15) is 0 Å². The molecule has 14 heavy (non-hydrogen) atoms. The van der Waals surface area contributed by atoms with Crippen LogP contribution in [0.1, 0.15) is 45.4 Å². The maximum atomic E-state index is 10.6. The number of aliphatic carboxylic acids is 1. The van der Waals surface area contributed by atoms with Gasteiger partial charge in [-0.3, -0.25) is 4.79 Å². The van der Waals surface area contributed by atoms with E-state index < -0.39 is 5.97 Å². The van der Waals surface area contributed by atoms with Crippen LogP contribution in [0.15, 0.2) is 0 Å². The summed E-state index contributed by atoms with van der Waals surface area (Å²) in [6, 6.07) is 0. The van der Waals surface area contributed by atoms with Crippen molar-refractivity contribution >= 4 is 5.97 Å². The van der Waals surface area contributed by atoms with Gasteiger partial charge in [0.2, 0.25) is 0 Å². The van der Waals surface area contributed by atoms with Gasteiger partial charge in [-0.1, -0.05) is 25.7 Å². The summed E-state index contributed by atoms with van der Waals surface area (Å²) in [5.41, 5.74) is 0. The Labute approximate surface area is 85.5 Å². The normalized spacial score (nSPS) is 19.8. The van der Waals surface area contributed by atoms with Crippen molar-refractivity contribution in [3.8, 4) is 0 Å². The molecular formula is C11H20O3. The molecule has 3 nitrogen and oxygen atoms in total. The SMILES string of the molecule is CCOC(CC(=O)O)CC1CCCC1. The van der Waals surface area contributed by atoms with Gasteiger partial charge in [-0.15, -0.1) is 0 Å². The summed E-state index contributed by atoms with van der Waals surface area (Å²) >= 11 is 0. The Morgan fingerprint density at radius 3 is 2.64 bits per heavy atom. The lowest BCUT2D eigenvalue weighted by molar-refractivity contribution is -0.140. The van der Waals surface area contributed by atoms with Crippen molar-refractivity contribution < 1.29 is 14.6 Å². The maximum Gasteiger partial charge on any atom is 0.305 e. The zero-order valence-electron chi connectivity index (χ0n) is 8.87. The summed E-state index contributed by atoms with van der Waals surface area (Å²) in [5, 5.41) is 8.70. The molecule has 82 valence electrons. The number of hydrogen-bond acceptors (Lipinski definition) is 2. The topological polar surface area (TPSA) is 46.5 Å². The highest BCUT2D eigenvalue weighted by molar-refractivity contribution is 5.67. The van der Waals surface area contributed by atoms with Crippen LogP contribution in [-0.4, -0.2) is 23.8 Å². The first-order chi connectivity index (χ1) is 6.72. The van der Waals surface area contributed by atoms with Crippen LogP contribution in [0.2, 0.25) is 0 Å². The first-order valence-electron chi connectivity index (χ1n) is 5.55. The van der Waals surface area contributed by atoms with Crippen molar-refractivity contribution in [3.05, 3.63) is 0 Å². The zero-order chi connectivity index (χ0) is 10.4. The monoisotopic (exact) mass is 200 g/mol. The lowest BCUT2D eigenvalue weighted by Gasteiger charge is -2.18. The van der Waals surface area contributed by atoms with Gasteiger partial charge in [-0.2, -0.15) is 0 Å². The van der Waals surface area contributed by atoms with Crippen LogP contribution in [0.5, 0.6) is 0 Å². The van der Waals surface area contributed by atoms with Crippen molar-refractivity contribution in [1.29, 1.82) is 0 Å². The Balaban J connectivity index is 2.29. The molecule has 1 aliphatic carbocycles. The van der Waals surface area contributed by atoms with E-state index in [1.54, 1.807) is 0 Å². The van der Waals surface area contributed by atoms with E-state index in [2.05, 4.69) is 0 Å². The van der Waals surface area contributed by atoms with Gasteiger partial charge in [0.05, 0.1) is 12.5 Å². The minimum absolute atomic E-state index is 0.0689. The number of carbonyl (C=O) groups is 1. The molecule has 3 heteroatoms. The van der Waals surface area contributed by atoms with Gasteiger partial charge in [0.15, 0.2) is 0 Å². The average Bonchev–Trinajstić information content (AvgIpc) is 2.56. The standard InChI is InChI=1S/C11H20O3/c1-2-14-10(8-11(12)13)7-9-5-3-4-6-9/h9-10H,2-8H2,1H3,(H,12,13). The number of ether oxygens (including phenoxy) is 1. The minimum atomic E-state index is -0.749. The third-order valence-electron chi connectivity index (χ3n) is 2.88. The predicted molar refractivity (Wildman–Crippen MR) is 54.2 cm³/mol. The zero-order valence-corrected chi connectivity index (χ0v) is 8.87. The van der Waals surface area contributed by atoms with Crippen LogP contribution in [-0.2, 0) is 9.53 Å². The predicted octanol–water partition coefficient (Wildman–Crippen LogP) is 2.45. The number of rotatable bonds is 6. The molecule has 0 aromatic heterocycles. The fourth-order valence-corrected chi connectivity index (χ4v) is 2.26. The number of carboxylic acid groups (broad SMARTS) is 1. The van der Waals surface area contributed by atoms with E-state index in [0.717, 1.165) is 6.42 Å². The second-order valence-corrected chi connectivity index (χ2v) is 4.06. The highest BCUT2D eigenvalue weighted by Crippen LogP contribution is 2.29. The number of hydrogen-bond donors (Lipinski definition) is 1. The van der Waals surface area contributed by atoms with Gasteiger partial charge in [-0.25, -0.2) is 0 Å². The lowest BCUT2D eigenvalue weighted by Crippen LogP contribution is -2.20. The Morgan fingerprint density at radius 1 is 1.50 bits per heavy atom. The van der Waals surface area contributed by atoms with Crippen molar-refractivity contribution in [2.24, 2.45) is 5.92 Å². The van der Waals surface area contributed by atoms with Crippen molar-refractivity contribution in [1.82, 2.24) is 0 Å². The van der Waals surface area contributed by atoms with E-state index in [0.29, 0.717) is 12.5 Å². The van der Waals surface area contributed by atoms with Crippen LogP contribution in [0.3, 0.4) is 0 Å². The summed E-state index contributed by atoms with van der Waals surface area (Å²) in [5.74, 6) is -0.0488. The van der Waals surface area contributed by atoms with Gasteiger partial charge in [0, 0.05) is 6.61 Å². The van der Waals surface area contributed by atoms with E-state index in [4.69, 9.17) is 9.84 Å². The summed E-state index contributed by atoms with van der Waals surface area (Å²) in [6.07, 6.45) is 6.13. The maximum absolute atomic E-state index is 10.6. The molecule has 1 fully saturated rings. The van der Waals surface area contributed by atoms with Gasteiger partial charge < -0.3 is 9.84 Å². The van der Waals surface area contributed by atoms with Crippen LogP contribution >= 0.6 is 0 Å². The van der Waals surface area contributed by atoms with E-state index in [1.807, 2.05) is 6.92 Å². The van der Waals surface area contributed by atoms with E-state index in [1.165, 1.54) is 25.7 Å². The molecule has 1 aliphatic rings. The minimum Gasteiger partial charge on any atom is -0.481 e. The van der Waals surface area contributed by atoms with Gasteiger partial charge in [-0.05, 0) is 19.3 Å². The quantitative estimate of drug-likeness (QED) is 0.716. The molecule has 0 aliphatic heterocycles. The summed E-state index contributed by atoms with van der Waals surface area (Å²) in [6.45, 7) is 2.54. The average molecular weight is 200 g/mol. The largest absolute Gasteiger partial charge is 0.481 e. The third-order valence-corrected chi connectivity index (χ3v) is 2.88. The Kier molecular flexibility index (Phi) is 4.94. The lowest BCUT2D eigenvalue weighted by atomic mass is 9.98. The second kappa shape index (κ2) is 6.02. The summed E-state index contributed by atoms with van der Waals surface area (Å²) in [4.78, 5) is 10.6. The molecule has 0 amide bonds. The Hall–Kier alpha value is -0.570. The van der Waals surface area contributed by atoms with E-state index in [9.17, 15) is 4.79 Å². The molecule has 1 unspecified atom stereocenters. The molecule has 1 atom stereocenters. The van der Waals surface area contributed by atoms with Crippen LogP contribution in [0.25, 0.3) is 0 Å². The molecule has 0 saturated heterocycles. The fraction of sp³-hybridized carbons (Fsp3) is 0.909. The fourth-order valence-electron chi connectivity index (χ4n) is 2.26. The smallest absolute Gasteiger partial charge is 0.305 e. The highest BCUT2D eigenvalue weighted by Gasteiger charge is 2.21. The molecule has 1 N–H and O–H groups in total. The molecule has 0 heterocycles. The summed E-state index contributed by atoms with van der Waals surface area (Å²) < 4.78 is 5.43. The number of carboxylic acids is 1. The van der Waals surface area contributed by atoms with Gasteiger partial charge >= 0.3 is 5.97 Å². The van der Waals surface area contributed by atoms with Gasteiger partial charge in [0.25, 0.3) is 0 Å². The second-order valence-electron chi connectivity index (χ2n) is 4.06. The molecular weight excluding hydrogens is 180 g/mol. The highest BCUT2D eigenvalue weighted by atomic mass is 16.5. The van der Waals surface area contributed by atoms with Crippen molar-refractivity contribution in [2.75, 3.05) is 6.61 Å². The van der Waals surface area contributed by atoms with Crippen molar-refractivity contribution in [2.45, 2.75) is 51.6 Å². The summed E-state index contributed by atoms with van der Waals surface area (Å²) in [7, 11) is 0. The van der Waals surface area contributed by atoms with Crippen LogP contribution in [0, 0.1) is 5.92 Å². The van der Waals surface area contributed by atoms with Crippen molar-refractivity contribution in [3.63, 3.8) is 0 Å². The molecule has 0 bridgehead atoms. The molecule has 1 saturated carbocycles. The molecule has 0 radical (unpaired) electrons. The molecule has 1 rings (SSSR count). The molecule has 0 spiro atoms. The molecule has 0 aromatic rings. The van der Waals surface area contributed by atoms with Crippen LogP contribution in [0.4, 0.5) is 0 Å². The first-order valence-corrected chi connectivity index (χ1v) is 5.55. The van der Waals surface area contributed by atoms with Crippen LogP contribution < -0.4 is 0 Å². The molecule has 0 aromatic carbocycles. The van der Waals surface area contributed by atoms with E-state index in [-0.39, 0.29) is 12.5 Å².